The van der Waals surface area contributed by atoms with E-state index in [1.807, 2.05) is 0 Å². The molecule has 1 aliphatic heterocycles. The van der Waals surface area contributed by atoms with Gasteiger partial charge in [-0.25, -0.2) is 0 Å². The van der Waals surface area contributed by atoms with Crippen molar-refractivity contribution in [1.82, 2.24) is 15.2 Å². The fourth-order valence-electron chi connectivity index (χ4n) is 1.84. The molecule has 0 bridgehead atoms. The van der Waals surface area contributed by atoms with Crippen molar-refractivity contribution in [1.29, 1.82) is 0 Å². The van der Waals surface area contributed by atoms with Crippen molar-refractivity contribution in [3.05, 3.63) is 29.6 Å². The molecular weight excluding hydrogens is 231 g/mol. The zero-order chi connectivity index (χ0) is 12.3. The number of piperazine rings is 1. The summed E-state index contributed by atoms with van der Waals surface area (Å²) in [7, 11) is 0. The first kappa shape index (κ1) is 12.3. The zero-order valence-electron chi connectivity index (χ0n) is 9.30. The molecule has 1 saturated heterocycles. The van der Waals surface area contributed by atoms with Gasteiger partial charge in [-0.15, -0.1) is 0 Å². The lowest BCUT2D eigenvalue weighted by molar-refractivity contribution is -0.137. The maximum atomic E-state index is 12.5. The van der Waals surface area contributed by atoms with Crippen molar-refractivity contribution >= 4 is 0 Å². The Kier molecular flexibility index (Phi) is 3.63. The number of halogens is 3. The average Bonchev–Trinajstić information content (AvgIpc) is 2.29. The molecule has 2 heterocycles. The number of rotatable bonds is 2. The van der Waals surface area contributed by atoms with Crippen LogP contribution >= 0.6 is 0 Å². The summed E-state index contributed by atoms with van der Waals surface area (Å²) in [5.74, 6) is 0. The van der Waals surface area contributed by atoms with Gasteiger partial charge in [-0.2, -0.15) is 13.2 Å². The van der Waals surface area contributed by atoms with Gasteiger partial charge >= 0.3 is 6.18 Å². The van der Waals surface area contributed by atoms with Crippen LogP contribution in [0.5, 0.6) is 0 Å². The van der Waals surface area contributed by atoms with E-state index in [2.05, 4.69) is 15.2 Å². The third kappa shape index (κ3) is 3.41. The predicted molar refractivity (Wildman–Crippen MR) is 57.4 cm³/mol. The topological polar surface area (TPSA) is 28.2 Å². The number of hydrogen-bond donors (Lipinski definition) is 1. The Labute approximate surface area is 97.6 Å². The second-order valence-corrected chi connectivity index (χ2v) is 4.06. The van der Waals surface area contributed by atoms with Crippen LogP contribution in [0, 0.1) is 0 Å². The van der Waals surface area contributed by atoms with Crippen molar-refractivity contribution in [2.24, 2.45) is 0 Å². The standard InChI is InChI=1S/C11H14F3N3/c12-11(13,14)9-1-2-16-10(7-9)8-17-5-3-15-4-6-17/h1-2,7,15H,3-6,8H2. The molecule has 94 valence electrons. The highest BCUT2D eigenvalue weighted by molar-refractivity contribution is 5.19. The minimum absolute atomic E-state index is 0.474. The summed E-state index contributed by atoms with van der Waals surface area (Å²) in [6, 6.07) is 2.13. The Bertz CT molecular complexity index is 372. The number of nitrogens with zero attached hydrogens (tertiary/aromatic N) is 2. The van der Waals surface area contributed by atoms with Crippen LogP contribution in [0.3, 0.4) is 0 Å². The number of alkyl halides is 3. The first-order valence-electron chi connectivity index (χ1n) is 5.51. The maximum absolute atomic E-state index is 12.5. The van der Waals surface area contributed by atoms with Crippen LogP contribution in [0.2, 0.25) is 0 Å². The normalized spacial score (nSPS) is 18.3. The Morgan fingerprint density at radius 2 is 2.00 bits per heavy atom. The molecule has 1 fully saturated rings. The van der Waals surface area contributed by atoms with Gasteiger partial charge in [0.25, 0.3) is 0 Å². The van der Waals surface area contributed by atoms with Crippen LogP contribution in [0.15, 0.2) is 18.3 Å². The van der Waals surface area contributed by atoms with Gasteiger partial charge < -0.3 is 5.32 Å². The Morgan fingerprint density at radius 1 is 1.29 bits per heavy atom. The minimum atomic E-state index is -4.29. The average molecular weight is 245 g/mol. The summed E-state index contributed by atoms with van der Waals surface area (Å²) in [5, 5.41) is 3.19. The zero-order valence-corrected chi connectivity index (χ0v) is 9.30. The van der Waals surface area contributed by atoms with Crippen LogP contribution < -0.4 is 5.32 Å². The molecule has 1 aromatic heterocycles. The molecule has 6 heteroatoms. The molecule has 1 N–H and O–H groups in total. The minimum Gasteiger partial charge on any atom is -0.314 e. The second-order valence-electron chi connectivity index (χ2n) is 4.06. The van der Waals surface area contributed by atoms with Gasteiger partial charge in [-0.05, 0) is 12.1 Å². The van der Waals surface area contributed by atoms with E-state index in [1.165, 1.54) is 6.20 Å². The third-order valence-electron chi connectivity index (χ3n) is 2.74. The lowest BCUT2D eigenvalue weighted by Crippen LogP contribution is -2.43. The smallest absolute Gasteiger partial charge is 0.314 e. The van der Waals surface area contributed by atoms with E-state index < -0.39 is 11.7 Å². The number of nitrogens with one attached hydrogen (secondary N) is 1. The fourth-order valence-corrected chi connectivity index (χ4v) is 1.84. The maximum Gasteiger partial charge on any atom is 0.416 e. The van der Waals surface area contributed by atoms with Crippen molar-refractivity contribution in [3.8, 4) is 0 Å². The van der Waals surface area contributed by atoms with E-state index in [-0.39, 0.29) is 0 Å². The summed E-state index contributed by atoms with van der Waals surface area (Å²) < 4.78 is 37.5. The van der Waals surface area contributed by atoms with Gasteiger partial charge in [-0.1, -0.05) is 0 Å². The van der Waals surface area contributed by atoms with Crippen LogP contribution in [-0.2, 0) is 12.7 Å². The van der Waals surface area contributed by atoms with Crippen LogP contribution in [0.1, 0.15) is 11.3 Å². The SMILES string of the molecule is FC(F)(F)c1ccnc(CN2CCNCC2)c1. The highest BCUT2D eigenvalue weighted by Crippen LogP contribution is 2.29. The first-order chi connectivity index (χ1) is 8.05. The summed E-state index contributed by atoms with van der Waals surface area (Å²) >= 11 is 0. The molecule has 0 saturated carbocycles. The first-order valence-corrected chi connectivity index (χ1v) is 5.51. The van der Waals surface area contributed by atoms with Gasteiger partial charge in [0.05, 0.1) is 11.3 Å². The number of aromatic nitrogens is 1. The van der Waals surface area contributed by atoms with Gasteiger partial charge in [0.2, 0.25) is 0 Å². The molecule has 0 aromatic carbocycles. The predicted octanol–water partition coefficient (Wildman–Crippen LogP) is 1.51. The number of pyridine rings is 1. The molecule has 3 nitrogen and oxygen atoms in total. The molecule has 0 radical (unpaired) electrons. The highest BCUT2D eigenvalue weighted by Gasteiger charge is 2.30. The van der Waals surface area contributed by atoms with Gasteiger partial charge in [0, 0.05) is 38.9 Å². The van der Waals surface area contributed by atoms with E-state index >= 15 is 0 Å². The summed E-state index contributed by atoms with van der Waals surface area (Å²) in [4.78, 5) is 6.08. The monoisotopic (exact) mass is 245 g/mol. The molecule has 0 aliphatic carbocycles. The van der Waals surface area contributed by atoms with Gasteiger partial charge in [0.1, 0.15) is 0 Å². The molecule has 1 aromatic rings. The van der Waals surface area contributed by atoms with Crippen molar-refractivity contribution < 1.29 is 13.2 Å². The summed E-state index contributed by atoms with van der Waals surface area (Å²) in [6.07, 6.45) is -3.07. The Balaban J connectivity index is 2.05. The van der Waals surface area contributed by atoms with Crippen molar-refractivity contribution in [2.75, 3.05) is 26.2 Å². The van der Waals surface area contributed by atoms with E-state index in [4.69, 9.17) is 0 Å². The summed E-state index contributed by atoms with van der Waals surface area (Å²) in [6.45, 7) is 3.92. The Hall–Kier alpha value is -1.14. The Morgan fingerprint density at radius 3 is 2.65 bits per heavy atom. The van der Waals surface area contributed by atoms with Gasteiger partial charge in [0.15, 0.2) is 0 Å². The van der Waals surface area contributed by atoms with E-state index in [0.717, 1.165) is 38.3 Å². The molecule has 0 atom stereocenters. The van der Waals surface area contributed by atoms with Crippen molar-refractivity contribution in [3.63, 3.8) is 0 Å². The molecule has 2 rings (SSSR count). The van der Waals surface area contributed by atoms with Crippen LogP contribution in [-0.4, -0.2) is 36.1 Å². The molecule has 17 heavy (non-hydrogen) atoms. The van der Waals surface area contributed by atoms with E-state index in [9.17, 15) is 13.2 Å². The van der Waals surface area contributed by atoms with E-state index in [1.54, 1.807) is 0 Å². The lowest BCUT2D eigenvalue weighted by atomic mass is 10.2. The second kappa shape index (κ2) is 5.01. The van der Waals surface area contributed by atoms with Crippen molar-refractivity contribution in [2.45, 2.75) is 12.7 Å². The summed E-state index contributed by atoms with van der Waals surface area (Å²) in [5.41, 5.74) is -0.153. The van der Waals surface area contributed by atoms with Gasteiger partial charge in [-0.3, -0.25) is 9.88 Å². The number of hydrogen-bond acceptors (Lipinski definition) is 3. The molecular formula is C11H14F3N3. The highest BCUT2D eigenvalue weighted by atomic mass is 19.4. The third-order valence-corrected chi connectivity index (χ3v) is 2.74. The fraction of sp³-hybridized carbons (Fsp3) is 0.545. The lowest BCUT2D eigenvalue weighted by Gasteiger charge is -2.26. The largest absolute Gasteiger partial charge is 0.416 e. The van der Waals surface area contributed by atoms with Crippen LogP contribution in [0.4, 0.5) is 13.2 Å². The molecule has 1 aliphatic rings. The molecule has 0 unspecified atom stereocenters. The quantitative estimate of drug-likeness (QED) is 0.856. The molecule has 0 spiro atoms. The van der Waals surface area contributed by atoms with Crippen LogP contribution in [0.25, 0.3) is 0 Å². The molecule has 0 amide bonds. The van der Waals surface area contributed by atoms with E-state index in [0.29, 0.717) is 12.2 Å².